The summed E-state index contributed by atoms with van der Waals surface area (Å²) in [7, 11) is 1.65. The van der Waals surface area contributed by atoms with Gasteiger partial charge in [-0.05, 0) is 24.7 Å². The summed E-state index contributed by atoms with van der Waals surface area (Å²) in [6.45, 7) is 12.2. The predicted octanol–water partition coefficient (Wildman–Crippen LogP) is 2.00. The van der Waals surface area contributed by atoms with Crippen molar-refractivity contribution in [2.45, 2.75) is 33.1 Å². The molecule has 8 heteroatoms. The third-order valence-corrected chi connectivity index (χ3v) is 5.22. The number of methoxy groups -OCH3 is 1. The first kappa shape index (κ1) is 27.3. The van der Waals surface area contributed by atoms with Gasteiger partial charge >= 0.3 is 0 Å². The van der Waals surface area contributed by atoms with Crippen LogP contribution in [0.4, 0.5) is 0 Å². The van der Waals surface area contributed by atoms with Crippen LogP contribution < -0.4 is 0 Å². The van der Waals surface area contributed by atoms with Crippen LogP contribution in [-0.2, 0) is 33.2 Å². The minimum Gasteiger partial charge on any atom is -0.382 e. The maximum Gasteiger partial charge on any atom is 0.224 e. The SMILES string of the molecule is COCCOCCOCCOCCOCCOCCC(=O)N1CCC(C(C)C)CC1. The first-order valence-electron chi connectivity index (χ1n) is 11.3. The Morgan fingerprint density at radius 1 is 0.733 bits per heavy atom. The number of nitrogens with zero attached hydrogens (tertiary/aromatic N) is 1. The molecule has 0 aromatic carbocycles. The third kappa shape index (κ3) is 14.3. The van der Waals surface area contributed by atoms with Gasteiger partial charge in [0.2, 0.25) is 5.91 Å². The molecule has 0 radical (unpaired) electrons. The topological polar surface area (TPSA) is 75.7 Å². The number of hydrogen-bond donors (Lipinski definition) is 0. The van der Waals surface area contributed by atoms with E-state index < -0.39 is 0 Å². The summed E-state index contributed by atoms with van der Waals surface area (Å²) in [4.78, 5) is 14.2. The molecule has 0 aliphatic carbocycles. The lowest BCUT2D eigenvalue weighted by molar-refractivity contribution is -0.134. The Labute approximate surface area is 182 Å². The maximum atomic E-state index is 12.2. The lowest BCUT2D eigenvalue weighted by atomic mass is 9.86. The number of hydrogen-bond acceptors (Lipinski definition) is 7. The van der Waals surface area contributed by atoms with Gasteiger partial charge in [-0.2, -0.15) is 0 Å². The number of carbonyl (C=O) groups is 1. The predicted molar refractivity (Wildman–Crippen MR) is 115 cm³/mol. The Morgan fingerprint density at radius 3 is 1.53 bits per heavy atom. The minimum atomic E-state index is 0.204. The van der Waals surface area contributed by atoms with Crippen molar-refractivity contribution in [1.29, 1.82) is 0 Å². The number of ether oxygens (including phenoxy) is 6. The molecule has 1 heterocycles. The molecule has 0 N–H and O–H groups in total. The summed E-state index contributed by atoms with van der Waals surface area (Å²) in [6.07, 6.45) is 2.69. The molecule has 0 saturated carbocycles. The second kappa shape index (κ2) is 19.0. The summed E-state index contributed by atoms with van der Waals surface area (Å²) in [6, 6.07) is 0. The smallest absolute Gasteiger partial charge is 0.224 e. The lowest BCUT2D eigenvalue weighted by Crippen LogP contribution is -2.39. The van der Waals surface area contributed by atoms with Gasteiger partial charge < -0.3 is 33.3 Å². The molecule has 0 bridgehead atoms. The summed E-state index contributed by atoms with van der Waals surface area (Å²) >= 11 is 0. The normalized spacial score (nSPS) is 15.3. The lowest BCUT2D eigenvalue weighted by Gasteiger charge is -2.34. The Hall–Kier alpha value is -0.770. The van der Waals surface area contributed by atoms with E-state index in [2.05, 4.69) is 13.8 Å². The van der Waals surface area contributed by atoms with Crippen molar-refractivity contribution in [3.8, 4) is 0 Å². The highest BCUT2D eigenvalue weighted by Crippen LogP contribution is 2.24. The highest BCUT2D eigenvalue weighted by atomic mass is 16.6. The van der Waals surface area contributed by atoms with Crippen LogP contribution in [0.3, 0.4) is 0 Å². The fraction of sp³-hybridized carbons (Fsp3) is 0.955. The Kier molecular flexibility index (Phi) is 17.2. The van der Waals surface area contributed by atoms with Gasteiger partial charge in [0.05, 0.1) is 79.1 Å². The van der Waals surface area contributed by atoms with E-state index in [-0.39, 0.29) is 5.91 Å². The highest BCUT2D eigenvalue weighted by Gasteiger charge is 2.24. The van der Waals surface area contributed by atoms with Crippen LogP contribution in [0.2, 0.25) is 0 Å². The van der Waals surface area contributed by atoms with E-state index in [0.717, 1.165) is 31.8 Å². The molecular formula is C22H43NO7. The minimum absolute atomic E-state index is 0.204. The van der Waals surface area contributed by atoms with Crippen LogP contribution in [0.15, 0.2) is 0 Å². The maximum absolute atomic E-state index is 12.2. The Bertz CT molecular complexity index is 401. The molecule has 0 atom stereocenters. The van der Waals surface area contributed by atoms with E-state index in [4.69, 9.17) is 28.4 Å². The standard InChI is InChI=1S/C22H43NO7/c1-20(2)21-4-7-23(8-5-21)22(24)6-9-26-12-13-28-16-17-30-19-18-29-15-14-27-11-10-25-3/h20-21H,4-19H2,1-3H3. The second-order valence-corrected chi connectivity index (χ2v) is 7.77. The summed E-state index contributed by atoms with van der Waals surface area (Å²) in [5.41, 5.74) is 0. The average Bonchev–Trinajstić information content (AvgIpc) is 2.75. The summed E-state index contributed by atoms with van der Waals surface area (Å²) in [5.74, 6) is 1.67. The molecule has 1 aliphatic rings. The zero-order valence-electron chi connectivity index (χ0n) is 19.3. The molecule has 1 rings (SSSR count). The van der Waals surface area contributed by atoms with Crippen molar-refractivity contribution in [3.63, 3.8) is 0 Å². The van der Waals surface area contributed by atoms with Gasteiger partial charge in [0.15, 0.2) is 0 Å². The van der Waals surface area contributed by atoms with Gasteiger partial charge in [-0.25, -0.2) is 0 Å². The third-order valence-electron chi connectivity index (χ3n) is 5.22. The second-order valence-electron chi connectivity index (χ2n) is 7.77. The number of likely N-dealkylation sites (tertiary alicyclic amines) is 1. The number of amides is 1. The van der Waals surface area contributed by atoms with E-state index in [0.29, 0.717) is 85.0 Å². The molecule has 30 heavy (non-hydrogen) atoms. The summed E-state index contributed by atoms with van der Waals surface area (Å²) in [5, 5.41) is 0. The largest absolute Gasteiger partial charge is 0.382 e. The van der Waals surface area contributed by atoms with E-state index in [9.17, 15) is 4.79 Å². The molecule has 1 amide bonds. The molecule has 0 aromatic rings. The van der Waals surface area contributed by atoms with Crippen LogP contribution in [0.25, 0.3) is 0 Å². The fourth-order valence-corrected chi connectivity index (χ4v) is 3.26. The van der Waals surface area contributed by atoms with Crippen molar-refractivity contribution in [2.75, 3.05) is 92.9 Å². The zero-order chi connectivity index (χ0) is 21.9. The molecule has 0 unspecified atom stereocenters. The zero-order valence-corrected chi connectivity index (χ0v) is 19.3. The molecule has 8 nitrogen and oxygen atoms in total. The first-order chi connectivity index (χ1) is 14.6. The number of rotatable bonds is 19. The van der Waals surface area contributed by atoms with Gasteiger partial charge in [0.25, 0.3) is 0 Å². The van der Waals surface area contributed by atoms with Gasteiger partial charge in [-0.15, -0.1) is 0 Å². The van der Waals surface area contributed by atoms with Crippen LogP contribution in [0.5, 0.6) is 0 Å². The van der Waals surface area contributed by atoms with E-state index >= 15 is 0 Å². The van der Waals surface area contributed by atoms with Crippen LogP contribution >= 0.6 is 0 Å². The van der Waals surface area contributed by atoms with Gasteiger partial charge in [0.1, 0.15) is 0 Å². The van der Waals surface area contributed by atoms with Crippen LogP contribution in [-0.4, -0.2) is 104 Å². The molecule has 1 aliphatic heterocycles. The molecule has 1 saturated heterocycles. The summed E-state index contributed by atoms with van der Waals surface area (Å²) < 4.78 is 31.9. The molecule has 0 spiro atoms. The average molecular weight is 434 g/mol. The van der Waals surface area contributed by atoms with Crippen LogP contribution in [0.1, 0.15) is 33.1 Å². The fourth-order valence-electron chi connectivity index (χ4n) is 3.26. The van der Waals surface area contributed by atoms with Crippen molar-refractivity contribution in [3.05, 3.63) is 0 Å². The highest BCUT2D eigenvalue weighted by molar-refractivity contribution is 5.76. The van der Waals surface area contributed by atoms with Gasteiger partial charge in [-0.1, -0.05) is 13.8 Å². The van der Waals surface area contributed by atoms with E-state index in [1.807, 2.05) is 4.90 Å². The molecule has 0 aromatic heterocycles. The van der Waals surface area contributed by atoms with Crippen molar-refractivity contribution >= 4 is 5.91 Å². The molecule has 178 valence electrons. The van der Waals surface area contributed by atoms with E-state index in [1.165, 1.54) is 0 Å². The Balaban J connectivity index is 1.78. The Morgan fingerprint density at radius 2 is 1.13 bits per heavy atom. The molecule has 1 fully saturated rings. The van der Waals surface area contributed by atoms with Gasteiger partial charge in [-0.3, -0.25) is 4.79 Å². The van der Waals surface area contributed by atoms with Crippen molar-refractivity contribution in [2.24, 2.45) is 11.8 Å². The van der Waals surface area contributed by atoms with E-state index in [1.54, 1.807) is 7.11 Å². The van der Waals surface area contributed by atoms with Crippen molar-refractivity contribution < 1.29 is 33.2 Å². The van der Waals surface area contributed by atoms with Crippen molar-refractivity contribution in [1.82, 2.24) is 4.90 Å². The number of carbonyl (C=O) groups excluding carboxylic acids is 1. The monoisotopic (exact) mass is 433 g/mol. The van der Waals surface area contributed by atoms with Crippen LogP contribution in [0, 0.1) is 11.8 Å². The first-order valence-corrected chi connectivity index (χ1v) is 11.3. The number of piperidine rings is 1. The van der Waals surface area contributed by atoms with Gasteiger partial charge in [0, 0.05) is 20.2 Å². The molecular weight excluding hydrogens is 390 g/mol. The quantitative estimate of drug-likeness (QED) is 0.288.